The van der Waals surface area contributed by atoms with Crippen LogP contribution >= 0.6 is 0 Å². The number of benzene rings is 2. The van der Waals surface area contributed by atoms with Gasteiger partial charge in [0.05, 0.1) is 0 Å². The molecule has 194 valence electrons. The molecule has 2 aliphatic rings. The Hall–Kier alpha value is -0.313. The Labute approximate surface area is 244 Å². The van der Waals surface area contributed by atoms with Crippen molar-refractivity contribution in [3.63, 3.8) is 0 Å². The molecule has 0 amide bonds. The second-order valence-corrected chi connectivity index (χ2v) is 23.1. The van der Waals surface area contributed by atoms with Crippen LogP contribution < -0.4 is 24.8 Å². The molecule has 2 aromatic rings. The van der Waals surface area contributed by atoms with Crippen molar-refractivity contribution in [2.24, 2.45) is 0 Å². The van der Waals surface area contributed by atoms with Crippen molar-refractivity contribution in [2.75, 3.05) is 0 Å². The molecule has 5 heteroatoms. The smallest absolute Gasteiger partial charge is 1.00 e. The summed E-state index contributed by atoms with van der Waals surface area (Å²) in [6, 6.07) is 24.6. The van der Waals surface area contributed by atoms with E-state index < -0.39 is 38.9 Å². The van der Waals surface area contributed by atoms with E-state index in [4.69, 9.17) is 4.21 Å². The van der Waals surface area contributed by atoms with Gasteiger partial charge in [-0.15, -0.1) is 0 Å². The Morgan fingerprint density at radius 1 is 0.611 bits per heavy atom. The van der Waals surface area contributed by atoms with Gasteiger partial charge in [-0.3, -0.25) is 0 Å². The summed E-state index contributed by atoms with van der Waals surface area (Å²) < 4.78 is 6.57. The van der Waals surface area contributed by atoms with Crippen LogP contribution in [0.3, 0.4) is 0 Å². The molecule has 0 aliphatic heterocycles. The van der Waals surface area contributed by atoms with E-state index >= 15 is 0 Å². The summed E-state index contributed by atoms with van der Waals surface area (Å²) in [5.41, 5.74) is 10.3. The second kappa shape index (κ2) is 14.2. The summed E-state index contributed by atoms with van der Waals surface area (Å²) in [6.07, 6.45) is 2.43. The number of rotatable bonds is 10. The standard InChI is InChI=1S/2C15H21Si.CH2.2ClH.Zr/c2*1-4-12-11-13-9-7-8-10-14(13)15(12)16(5-2)6-3;;;;/h2*7-11,16H,4-6H2,1-3H3;1H2;2*1H;/q;;;;;+2/p-2. The van der Waals surface area contributed by atoms with Crippen LogP contribution in [-0.2, 0) is 21.3 Å². The molecule has 0 fully saturated rings. The molecule has 4 rings (SSSR count). The Morgan fingerprint density at radius 3 is 1.25 bits per heavy atom. The van der Waals surface area contributed by atoms with Crippen molar-refractivity contribution >= 4 is 32.2 Å². The molecule has 0 aromatic heterocycles. The van der Waals surface area contributed by atoms with E-state index in [0.29, 0.717) is 7.25 Å². The zero-order chi connectivity index (χ0) is 24.4. The Morgan fingerprint density at radius 2 is 0.944 bits per heavy atom. The maximum absolute atomic E-state index is 5.25. The first-order chi connectivity index (χ1) is 16.6. The first-order valence-corrected chi connectivity index (χ1v) is 22.9. The molecule has 0 heterocycles. The molecule has 0 saturated heterocycles. The fraction of sp³-hybridized carbons (Fsp3) is 0.452. The second-order valence-electron chi connectivity index (χ2n) is 10.2. The van der Waals surface area contributed by atoms with Gasteiger partial charge >= 0.3 is 221 Å². The minimum Gasteiger partial charge on any atom is -1.00 e. The molecule has 2 unspecified atom stereocenters. The van der Waals surface area contributed by atoms with Crippen molar-refractivity contribution in [1.82, 2.24) is 0 Å². The third kappa shape index (κ3) is 5.39. The van der Waals surface area contributed by atoms with E-state index in [1.165, 1.54) is 37.0 Å². The summed E-state index contributed by atoms with van der Waals surface area (Å²) in [5, 5.41) is 3.69. The van der Waals surface area contributed by atoms with Crippen molar-refractivity contribution < 1.29 is 46.1 Å². The molecule has 0 spiro atoms. The Balaban J connectivity index is 0.00000228. The molecular weight excluding hydrogens is 591 g/mol. The van der Waals surface area contributed by atoms with Crippen molar-refractivity contribution in [3.05, 3.63) is 81.9 Å². The monoisotopic (exact) mass is 632 g/mol. The minimum absolute atomic E-state index is 0. The van der Waals surface area contributed by atoms with Crippen molar-refractivity contribution in [1.29, 1.82) is 0 Å². The molecule has 0 radical (unpaired) electrons. The topological polar surface area (TPSA) is 0 Å². The first-order valence-electron chi connectivity index (χ1n) is 13.9. The number of halogens is 2. The van der Waals surface area contributed by atoms with Crippen LogP contribution in [0.15, 0.2) is 59.7 Å². The van der Waals surface area contributed by atoms with Gasteiger partial charge in [-0.1, -0.05) is 0 Å². The van der Waals surface area contributed by atoms with E-state index in [1.807, 2.05) is 21.5 Å². The maximum atomic E-state index is 5.25. The number of hydrogen-bond acceptors (Lipinski definition) is 0. The van der Waals surface area contributed by atoms with Gasteiger partial charge in [-0.05, 0) is 0 Å². The van der Waals surface area contributed by atoms with E-state index in [-0.39, 0.29) is 24.8 Å². The molecule has 2 atom stereocenters. The fourth-order valence-corrected chi connectivity index (χ4v) is 22.0. The van der Waals surface area contributed by atoms with Gasteiger partial charge in [0.25, 0.3) is 0 Å². The predicted molar refractivity (Wildman–Crippen MR) is 156 cm³/mol. The zero-order valence-corrected chi connectivity index (χ0v) is 29.4. The van der Waals surface area contributed by atoms with Gasteiger partial charge < -0.3 is 24.8 Å². The van der Waals surface area contributed by atoms with E-state index in [0.717, 1.165) is 0 Å². The molecule has 0 nitrogen and oxygen atoms in total. The largest absolute Gasteiger partial charge is 1.00 e. The summed E-state index contributed by atoms with van der Waals surface area (Å²) in [4.78, 5) is 0. The maximum Gasteiger partial charge on any atom is -1.00 e. The molecule has 2 aromatic carbocycles. The quantitative estimate of drug-likeness (QED) is 0.353. The van der Waals surface area contributed by atoms with Gasteiger partial charge in [-0.25, -0.2) is 0 Å². The predicted octanol–water partition coefficient (Wildman–Crippen LogP) is 2.49. The summed E-state index contributed by atoms with van der Waals surface area (Å²) in [6.45, 7) is 14.6. The molecule has 0 bridgehead atoms. The average molecular weight is 635 g/mol. The van der Waals surface area contributed by atoms with Gasteiger partial charge in [-0.2, -0.15) is 0 Å². The SMILES string of the molecule is [CH2]=[Zr+2]([CH]1C(CC)=C([SiH](CC)CC)c2ccccc21)[CH]1C(CC)=C([SiH](CC)CC)c2ccccc21.[Cl-].[Cl-]. The third-order valence-electron chi connectivity index (χ3n) is 8.80. The van der Waals surface area contributed by atoms with Gasteiger partial charge in [0.1, 0.15) is 0 Å². The fourth-order valence-electron chi connectivity index (χ4n) is 7.18. The van der Waals surface area contributed by atoms with Crippen LogP contribution in [0.4, 0.5) is 0 Å². The van der Waals surface area contributed by atoms with Gasteiger partial charge in [0.2, 0.25) is 0 Å². The molecule has 2 aliphatic carbocycles. The molecule has 36 heavy (non-hydrogen) atoms. The van der Waals surface area contributed by atoms with E-state index in [9.17, 15) is 0 Å². The van der Waals surface area contributed by atoms with Gasteiger partial charge in [0, 0.05) is 0 Å². The van der Waals surface area contributed by atoms with Crippen LogP contribution in [0.25, 0.3) is 10.4 Å². The number of hydrogen-bond donors (Lipinski definition) is 0. The van der Waals surface area contributed by atoms with E-state index in [2.05, 4.69) is 90.1 Å². The Kier molecular flexibility index (Phi) is 12.6. The first kappa shape index (κ1) is 31.9. The molecular formula is C31H44Cl2Si2Zr. The van der Waals surface area contributed by atoms with Crippen LogP contribution in [0.1, 0.15) is 83.9 Å². The summed E-state index contributed by atoms with van der Waals surface area (Å²) >= 11 is -2.21. The number of allylic oxidation sites excluding steroid dienone is 2. The van der Waals surface area contributed by atoms with Crippen LogP contribution in [-0.4, -0.2) is 21.8 Å². The van der Waals surface area contributed by atoms with Gasteiger partial charge in [0.15, 0.2) is 0 Å². The summed E-state index contributed by atoms with van der Waals surface area (Å²) in [5.74, 6) is 0. The van der Waals surface area contributed by atoms with E-state index in [1.54, 1.807) is 22.3 Å². The zero-order valence-electron chi connectivity index (χ0n) is 23.1. The normalized spacial score (nSPS) is 18.1. The summed E-state index contributed by atoms with van der Waals surface area (Å²) in [7, 11) is -1.84. The van der Waals surface area contributed by atoms with Crippen LogP contribution in [0.5, 0.6) is 0 Å². The Bertz CT molecular complexity index is 1040. The third-order valence-corrected chi connectivity index (χ3v) is 22.6. The van der Waals surface area contributed by atoms with Crippen molar-refractivity contribution in [2.45, 2.75) is 85.8 Å². The minimum atomic E-state index is -2.21. The molecule has 0 N–H and O–H groups in total. The molecule has 0 saturated carbocycles. The van der Waals surface area contributed by atoms with Crippen LogP contribution in [0.2, 0.25) is 24.2 Å². The van der Waals surface area contributed by atoms with Crippen molar-refractivity contribution in [3.8, 4) is 0 Å². The number of fused-ring (bicyclic) bond motifs is 2. The average Bonchev–Trinajstić information content (AvgIpc) is 3.38. The van der Waals surface area contributed by atoms with Crippen LogP contribution in [0, 0.1) is 0 Å².